The number of benzene rings is 1. The Balaban J connectivity index is 1.24. The van der Waals surface area contributed by atoms with Gasteiger partial charge < -0.3 is 10.2 Å². The number of nitrogens with zero attached hydrogens (tertiary/aromatic N) is 2. The predicted molar refractivity (Wildman–Crippen MR) is 121 cm³/mol. The number of thiazole rings is 1. The van der Waals surface area contributed by atoms with Crippen molar-refractivity contribution < 1.29 is 9.59 Å². The molecule has 5 nitrogen and oxygen atoms in total. The second-order valence-corrected chi connectivity index (χ2v) is 9.74. The van der Waals surface area contributed by atoms with Crippen LogP contribution in [0.2, 0.25) is 0 Å². The van der Waals surface area contributed by atoms with Gasteiger partial charge in [0.25, 0.3) is 5.91 Å². The highest BCUT2D eigenvalue weighted by Crippen LogP contribution is 2.30. The van der Waals surface area contributed by atoms with Crippen LogP contribution < -0.4 is 5.32 Å². The van der Waals surface area contributed by atoms with Gasteiger partial charge in [0.2, 0.25) is 5.91 Å². The molecule has 1 atom stereocenters. The van der Waals surface area contributed by atoms with Gasteiger partial charge in [0.05, 0.1) is 16.5 Å². The van der Waals surface area contributed by atoms with Crippen molar-refractivity contribution in [1.82, 2.24) is 9.88 Å². The highest BCUT2D eigenvalue weighted by molar-refractivity contribution is 7.14. The molecule has 154 valence electrons. The SMILES string of the molecule is O=C(Nc1nc(-c2ccc3c(c2)CCC3)cs1)C1CCCN(C(=O)c2cccs2)C1. The monoisotopic (exact) mass is 437 g/mol. The van der Waals surface area contributed by atoms with E-state index in [1.54, 1.807) is 4.90 Å². The molecule has 2 aliphatic rings. The van der Waals surface area contributed by atoms with E-state index >= 15 is 0 Å². The number of aromatic nitrogens is 1. The molecule has 30 heavy (non-hydrogen) atoms. The molecule has 1 aliphatic heterocycles. The van der Waals surface area contributed by atoms with E-state index in [1.807, 2.05) is 22.9 Å². The molecule has 7 heteroatoms. The zero-order valence-corrected chi connectivity index (χ0v) is 18.2. The van der Waals surface area contributed by atoms with Gasteiger partial charge in [0.15, 0.2) is 5.13 Å². The molecule has 1 unspecified atom stereocenters. The quantitative estimate of drug-likeness (QED) is 0.635. The van der Waals surface area contributed by atoms with Crippen molar-refractivity contribution in [2.75, 3.05) is 18.4 Å². The highest BCUT2D eigenvalue weighted by Gasteiger charge is 2.29. The number of anilines is 1. The van der Waals surface area contributed by atoms with Crippen molar-refractivity contribution >= 4 is 39.6 Å². The molecule has 1 fully saturated rings. The first-order valence-electron chi connectivity index (χ1n) is 10.4. The number of hydrogen-bond donors (Lipinski definition) is 1. The number of hydrogen-bond acceptors (Lipinski definition) is 5. The van der Waals surface area contributed by atoms with Crippen molar-refractivity contribution in [2.45, 2.75) is 32.1 Å². The Morgan fingerprint density at radius 2 is 2.00 bits per heavy atom. The lowest BCUT2D eigenvalue weighted by molar-refractivity contribution is -0.121. The zero-order chi connectivity index (χ0) is 20.5. The van der Waals surface area contributed by atoms with Crippen molar-refractivity contribution in [1.29, 1.82) is 0 Å². The van der Waals surface area contributed by atoms with E-state index in [9.17, 15) is 9.59 Å². The minimum atomic E-state index is -0.199. The van der Waals surface area contributed by atoms with E-state index in [0.717, 1.165) is 35.4 Å². The summed E-state index contributed by atoms with van der Waals surface area (Å²) in [4.78, 5) is 32.6. The molecule has 0 radical (unpaired) electrons. The second-order valence-electron chi connectivity index (χ2n) is 7.93. The van der Waals surface area contributed by atoms with Crippen LogP contribution in [0.15, 0.2) is 41.1 Å². The molecule has 5 rings (SSSR count). The number of thiophene rings is 1. The molecular weight excluding hydrogens is 414 g/mol. The van der Waals surface area contributed by atoms with Crippen molar-refractivity contribution in [3.05, 3.63) is 57.1 Å². The fourth-order valence-electron chi connectivity index (χ4n) is 4.33. The minimum absolute atomic E-state index is 0.0237. The number of carbonyl (C=O) groups is 2. The van der Waals surface area contributed by atoms with Gasteiger partial charge in [-0.25, -0.2) is 4.98 Å². The van der Waals surface area contributed by atoms with Crippen LogP contribution in [0.25, 0.3) is 11.3 Å². The maximum atomic E-state index is 12.8. The van der Waals surface area contributed by atoms with Gasteiger partial charge in [-0.05, 0) is 60.7 Å². The number of piperidine rings is 1. The van der Waals surface area contributed by atoms with E-state index in [4.69, 9.17) is 0 Å². The van der Waals surface area contributed by atoms with Crippen LogP contribution in [0.1, 0.15) is 40.1 Å². The van der Waals surface area contributed by atoms with Gasteiger partial charge >= 0.3 is 0 Å². The lowest BCUT2D eigenvalue weighted by Gasteiger charge is -2.31. The zero-order valence-electron chi connectivity index (χ0n) is 16.6. The fourth-order valence-corrected chi connectivity index (χ4v) is 5.75. The van der Waals surface area contributed by atoms with Crippen LogP contribution in [0.5, 0.6) is 0 Å². The third kappa shape index (κ3) is 3.91. The average molecular weight is 438 g/mol. The molecule has 1 aliphatic carbocycles. The van der Waals surface area contributed by atoms with Gasteiger partial charge in [0, 0.05) is 24.0 Å². The number of aryl methyl sites for hydroxylation is 2. The topological polar surface area (TPSA) is 62.3 Å². The molecule has 3 heterocycles. The van der Waals surface area contributed by atoms with Crippen LogP contribution in [-0.4, -0.2) is 34.8 Å². The summed E-state index contributed by atoms with van der Waals surface area (Å²) in [5, 5.41) is 7.51. The van der Waals surface area contributed by atoms with Crippen LogP contribution >= 0.6 is 22.7 Å². The first-order chi connectivity index (χ1) is 14.7. The Hall–Kier alpha value is -2.51. The maximum Gasteiger partial charge on any atom is 0.263 e. The van der Waals surface area contributed by atoms with Gasteiger partial charge in [-0.2, -0.15) is 0 Å². The molecule has 2 amide bonds. The van der Waals surface area contributed by atoms with E-state index < -0.39 is 0 Å². The van der Waals surface area contributed by atoms with E-state index in [1.165, 1.54) is 46.6 Å². The number of amides is 2. The number of carbonyl (C=O) groups excluding carboxylic acids is 2. The molecule has 0 spiro atoms. The van der Waals surface area contributed by atoms with Crippen molar-refractivity contribution in [3.8, 4) is 11.3 Å². The smallest absolute Gasteiger partial charge is 0.263 e. The molecule has 2 aromatic heterocycles. The van der Waals surface area contributed by atoms with E-state index in [2.05, 4.69) is 28.5 Å². The molecule has 3 aromatic rings. The fraction of sp³-hybridized carbons (Fsp3) is 0.348. The first kappa shape index (κ1) is 19.5. The molecule has 0 bridgehead atoms. The van der Waals surface area contributed by atoms with Crippen molar-refractivity contribution in [2.24, 2.45) is 5.92 Å². The lowest BCUT2D eigenvalue weighted by atomic mass is 9.97. The third-order valence-corrected chi connectivity index (χ3v) is 7.56. The van der Waals surface area contributed by atoms with Crippen LogP contribution in [-0.2, 0) is 17.6 Å². The largest absolute Gasteiger partial charge is 0.337 e. The second kappa shape index (κ2) is 8.32. The number of fused-ring (bicyclic) bond motifs is 1. The first-order valence-corrected chi connectivity index (χ1v) is 12.1. The number of nitrogens with one attached hydrogen (secondary N) is 1. The van der Waals surface area contributed by atoms with Crippen LogP contribution in [0, 0.1) is 5.92 Å². The van der Waals surface area contributed by atoms with Crippen LogP contribution in [0.4, 0.5) is 5.13 Å². The minimum Gasteiger partial charge on any atom is -0.337 e. The summed E-state index contributed by atoms with van der Waals surface area (Å²) in [6.07, 6.45) is 5.17. The Morgan fingerprint density at radius 3 is 2.87 bits per heavy atom. The highest BCUT2D eigenvalue weighted by atomic mass is 32.1. The molecular formula is C23H23N3O2S2. The lowest BCUT2D eigenvalue weighted by Crippen LogP contribution is -2.43. The summed E-state index contributed by atoms with van der Waals surface area (Å²) < 4.78 is 0. The van der Waals surface area contributed by atoms with Gasteiger partial charge in [-0.1, -0.05) is 18.2 Å². The number of likely N-dealkylation sites (tertiary alicyclic amines) is 1. The maximum absolute atomic E-state index is 12.8. The Bertz CT molecular complexity index is 1070. The Kier molecular flexibility index (Phi) is 5.39. The molecule has 1 saturated heterocycles. The molecule has 0 saturated carbocycles. The summed E-state index contributed by atoms with van der Waals surface area (Å²) in [6.45, 7) is 1.17. The van der Waals surface area contributed by atoms with Gasteiger partial charge in [0.1, 0.15) is 0 Å². The van der Waals surface area contributed by atoms with E-state index in [-0.39, 0.29) is 17.7 Å². The standard InChI is InChI=1S/C23H23N3O2S2/c27-21(18-6-2-10-26(13-18)22(28)20-7-3-11-29-20)25-23-24-19(14-30-23)17-9-8-15-4-1-5-16(15)12-17/h3,7-9,11-12,14,18H,1-2,4-6,10,13H2,(H,24,25,27). The molecule has 1 aromatic carbocycles. The summed E-state index contributed by atoms with van der Waals surface area (Å²) in [5.74, 6) is -0.223. The summed E-state index contributed by atoms with van der Waals surface area (Å²) in [5.41, 5.74) is 4.88. The normalized spacial score (nSPS) is 18.3. The Labute approximate surface area is 183 Å². The summed E-state index contributed by atoms with van der Waals surface area (Å²) in [7, 11) is 0. The van der Waals surface area contributed by atoms with Crippen LogP contribution in [0.3, 0.4) is 0 Å². The third-order valence-electron chi connectivity index (χ3n) is 5.94. The summed E-state index contributed by atoms with van der Waals surface area (Å²) >= 11 is 2.90. The van der Waals surface area contributed by atoms with Crippen molar-refractivity contribution in [3.63, 3.8) is 0 Å². The predicted octanol–water partition coefficient (Wildman–Crippen LogP) is 4.85. The van der Waals surface area contributed by atoms with E-state index in [0.29, 0.717) is 18.2 Å². The van der Waals surface area contributed by atoms with Gasteiger partial charge in [-0.3, -0.25) is 9.59 Å². The molecule has 1 N–H and O–H groups in total. The van der Waals surface area contributed by atoms with Gasteiger partial charge in [-0.15, -0.1) is 22.7 Å². The summed E-state index contributed by atoms with van der Waals surface area (Å²) in [6, 6.07) is 10.3. The Morgan fingerprint density at radius 1 is 1.10 bits per heavy atom. The number of rotatable bonds is 4. The average Bonchev–Trinajstić information content (AvgIpc) is 3.54.